The Morgan fingerprint density at radius 2 is 1.79 bits per heavy atom. The predicted octanol–water partition coefficient (Wildman–Crippen LogP) is 3.82. The molecule has 0 radical (unpaired) electrons. The van der Waals surface area contributed by atoms with Crippen LogP contribution in [0.25, 0.3) is 0 Å². The van der Waals surface area contributed by atoms with Crippen LogP contribution in [0, 0.1) is 11.8 Å². The molecular weight excluding hydrogens is 366 g/mol. The molecule has 1 fully saturated rings. The average molecular weight is 393 g/mol. The normalized spacial score (nSPS) is 29.0. The first-order valence-corrected chi connectivity index (χ1v) is 10.2. The summed E-state index contributed by atoms with van der Waals surface area (Å²) in [7, 11) is 0. The van der Waals surface area contributed by atoms with Gasteiger partial charge in [0.25, 0.3) is 11.6 Å². The molecule has 0 bridgehead atoms. The molecule has 1 heterocycles. The van der Waals surface area contributed by atoms with E-state index in [2.05, 4.69) is 24.5 Å². The zero-order chi connectivity index (χ0) is 20.6. The average Bonchev–Trinajstić information content (AvgIpc) is 2.72. The molecule has 2 aliphatic rings. The Morgan fingerprint density at radius 1 is 1.10 bits per heavy atom. The summed E-state index contributed by atoms with van der Waals surface area (Å²) in [6.45, 7) is 4.33. The molecule has 6 heteroatoms. The zero-order valence-electron chi connectivity index (χ0n) is 16.8. The van der Waals surface area contributed by atoms with E-state index in [1.807, 2.05) is 6.07 Å². The zero-order valence-corrected chi connectivity index (χ0v) is 16.8. The quantitative estimate of drug-likeness (QED) is 0.741. The van der Waals surface area contributed by atoms with Crippen molar-refractivity contribution in [2.24, 2.45) is 11.8 Å². The van der Waals surface area contributed by atoms with Crippen LogP contribution in [0.1, 0.15) is 38.7 Å². The molecule has 3 amide bonds. The van der Waals surface area contributed by atoms with Crippen LogP contribution in [0.3, 0.4) is 0 Å². The van der Waals surface area contributed by atoms with Crippen LogP contribution >= 0.6 is 0 Å². The molecule has 4 rings (SSSR count). The number of fused-ring (bicyclic) bond motifs is 1. The standard InChI is InChI=1S/C23H27N3O3/c1-15-9-8-14-19(16(15)2)24-21(27)23(29)18-12-6-7-13-20(18)25-22(28)26(23)17-10-4-3-5-11-17/h3-7,10-13,15-16,19,29H,8-9,14H2,1-2H3,(H,24,27)(H,25,28)/t15-,16+,19+,23-/m1/s1. The van der Waals surface area contributed by atoms with E-state index in [9.17, 15) is 14.7 Å². The number of aliphatic hydroxyl groups is 1. The number of carbonyl (C=O) groups excluding carboxylic acids is 2. The van der Waals surface area contributed by atoms with Crippen molar-refractivity contribution in [1.82, 2.24) is 5.32 Å². The second-order valence-electron chi connectivity index (χ2n) is 8.17. The van der Waals surface area contributed by atoms with Gasteiger partial charge in [0.05, 0.1) is 5.69 Å². The van der Waals surface area contributed by atoms with Gasteiger partial charge in [-0.3, -0.25) is 9.69 Å². The maximum atomic E-state index is 13.5. The number of anilines is 2. The first-order valence-electron chi connectivity index (χ1n) is 10.2. The Kier molecular flexibility index (Phi) is 5.04. The smallest absolute Gasteiger partial charge is 0.329 e. The summed E-state index contributed by atoms with van der Waals surface area (Å²) < 4.78 is 0. The van der Waals surface area contributed by atoms with Gasteiger partial charge in [-0.15, -0.1) is 0 Å². The topological polar surface area (TPSA) is 81.7 Å². The highest BCUT2D eigenvalue weighted by atomic mass is 16.3. The Bertz CT molecular complexity index is 917. The Labute approximate surface area is 170 Å². The number of hydrogen-bond donors (Lipinski definition) is 3. The van der Waals surface area contributed by atoms with Gasteiger partial charge in [-0.25, -0.2) is 4.79 Å². The Hall–Kier alpha value is -2.86. The van der Waals surface area contributed by atoms with Gasteiger partial charge in [-0.2, -0.15) is 0 Å². The summed E-state index contributed by atoms with van der Waals surface area (Å²) in [5.74, 6) is 0.222. The maximum Gasteiger partial charge on any atom is 0.329 e. The van der Waals surface area contributed by atoms with Crippen molar-refractivity contribution in [2.45, 2.75) is 44.9 Å². The van der Waals surface area contributed by atoms with Gasteiger partial charge >= 0.3 is 6.03 Å². The van der Waals surface area contributed by atoms with Crippen molar-refractivity contribution >= 4 is 23.3 Å². The summed E-state index contributed by atoms with van der Waals surface area (Å²) in [5.41, 5.74) is -0.896. The number of carbonyl (C=O) groups is 2. The van der Waals surface area contributed by atoms with Crippen LogP contribution in [-0.2, 0) is 10.5 Å². The summed E-state index contributed by atoms with van der Waals surface area (Å²) in [4.78, 5) is 27.7. The van der Waals surface area contributed by atoms with Gasteiger partial charge < -0.3 is 15.7 Å². The summed E-state index contributed by atoms with van der Waals surface area (Å²) >= 11 is 0. The molecule has 0 spiro atoms. The molecule has 2 aromatic carbocycles. The van der Waals surface area contributed by atoms with Crippen LogP contribution in [0.5, 0.6) is 0 Å². The lowest BCUT2D eigenvalue weighted by molar-refractivity contribution is -0.141. The number of amides is 3. The lowest BCUT2D eigenvalue weighted by atomic mass is 9.78. The fourth-order valence-corrected chi connectivity index (χ4v) is 4.49. The van der Waals surface area contributed by atoms with Crippen LogP contribution in [0.2, 0.25) is 0 Å². The molecule has 3 N–H and O–H groups in total. The summed E-state index contributed by atoms with van der Waals surface area (Å²) in [5, 5.41) is 17.7. The van der Waals surface area contributed by atoms with E-state index < -0.39 is 17.7 Å². The molecular formula is C23H27N3O3. The molecule has 1 saturated carbocycles. The molecule has 0 saturated heterocycles. The van der Waals surface area contributed by atoms with Crippen molar-refractivity contribution in [2.75, 3.05) is 10.2 Å². The van der Waals surface area contributed by atoms with E-state index in [0.717, 1.165) is 24.2 Å². The lowest BCUT2D eigenvalue weighted by Gasteiger charge is -2.44. The predicted molar refractivity (Wildman–Crippen MR) is 112 cm³/mol. The number of hydrogen-bond acceptors (Lipinski definition) is 3. The highest BCUT2D eigenvalue weighted by molar-refractivity contribution is 6.11. The van der Waals surface area contributed by atoms with Crippen LogP contribution in [-0.4, -0.2) is 23.1 Å². The highest BCUT2D eigenvalue weighted by Gasteiger charge is 2.52. The monoisotopic (exact) mass is 393 g/mol. The van der Waals surface area contributed by atoms with Crippen molar-refractivity contribution in [3.8, 4) is 0 Å². The second kappa shape index (κ2) is 7.52. The number of benzene rings is 2. The lowest BCUT2D eigenvalue weighted by Crippen LogP contribution is -2.64. The number of urea groups is 1. The fraction of sp³-hybridized carbons (Fsp3) is 0.391. The third-order valence-corrected chi connectivity index (χ3v) is 6.43. The van der Waals surface area contributed by atoms with Gasteiger partial charge in [0.1, 0.15) is 0 Å². The van der Waals surface area contributed by atoms with Gasteiger partial charge in [-0.05, 0) is 36.5 Å². The van der Waals surface area contributed by atoms with Gasteiger partial charge in [-0.1, -0.05) is 63.1 Å². The molecule has 6 nitrogen and oxygen atoms in total. The van der Waals surface area contributed by atoms with E-state index in [-0.39, 0.29) is 6.04 Å². The minimum atomic E-state index is -2.14. The molecule has 0 unspecified atom stereocenters. The summed E-state index contributed by atoms with van der Waals surface area (Å²) in [6.07, 6.45) is 3.04. The van der Waals surface area contributed by atoms with Crippen LogP contribution in [0.4, 0.5) is 16.2 Å². The van der Waals surface area contributed by atoms with Gasteiger partial charge in [0.15, 0.2) is 0 Å². The maximum absolute atomic E-state index is 13.5. The SMILES string of the molecule is C[C@H]1[C@H](C)CCC[C@@H]1NC(=O)[C@]1(O)c2ccccc2NC(=O)N1c1ccccc1. The minimum Gasteiger partial charge on any atom is -0.359 e. The third kappa shape index (κ3) is 3.27. The first-order chi connectivity index (χ1) is 13.9. The van der Waals surface area contributed by atoms with Crippen molar-refractivity contribution in [1.29, 1.82) is 0 Å². The van der Waals surface area contributed by atoms with Crippen LogP contribution < -0.4 is 15.5 Å². The fourth-order valence-electron chi connectivity index (χ4n) is 4.49. The molecule has 29 heavy (non-hydrogen) atoms. The van der Waals surface area contributed by atoms with E-state index in [1.54, 1.807) is 48.5 Å². The number of rotatable bonds is 3. The van der Waals surface area contributed by atoms with Gasteiger partial charge in [0.2, 0.25) is 0 Å². The largest absolute Gasteiger partial charge is 0.359 e. The molecule has 4 atom stereocenters. The molecule has 152 valence electrons. The second-order valence-corrected chi connectivity index (χ2v) is 8.17. The number of para-hydroxylation sites is 2. The molecule has 1 aliphatic heterocycles. The molecule has 2 aromatic rings. The van der Waals surface area contributed by atoms with E-state index in [1.165, 1.54) is 0 Å². The van der Waals surface area contributed by atoms with Crippen molar-refractivity contribution in [3.05, 3.63) is 60.2 Å². The van der Waals surface area contributed by atoms with E-state index >= 15 is 0 Å². The highest BCUT2D eigenvalue weighted by Crippen LogP contribution is 2.40. The third-order valence-electron chi connectivity index (χ3n) is 6.43. The molecule has 0 aromatic heterocycles. The summed E-state index contributed by atoms with van der Waals surface area (Å²) in [6, 6.07) is 15.1. The van der Waals surface area contributed by atoms with E-state index in [4.69, 9.17) is 0 Å². The van der Waals surface area contributed by atoms with Crippen LogP contribution in [0.15, 0.2) is 54.6 Å². The van der Waals surface area contributed by atoms with Crippen molar-refractivity contribution < 1.29 is 14.7 Å². The van der Waals surface area contributed by atoms with Crippen molar-refractivity contribution in [3.63, 3.8) is 0 Å². The van der Waals surface area contributed by atoms with Gasteiger partial charge in [0, 0.05) is 17.3 Å². The first kappa shape index (κ1) is 19.5. The van der Waals surface area contributed by atoms with E-state index in [0.29, 0.717) is 28.8 Å². The minimum absolute atomic E-state index is 0.0370. The Morgan fingerprint density at radius 3 is 2.55 bits per heavy atom. The number of nitrogens with zero attached hydrogens (tertiary/aromatic N) is 1. The molecule has 1 aliphatic carbocycles. The Balaban J connectivity index is 1.77. The number of nitrogens with one attached hydrogen (secondary N) is 2.